The Bertz CT molecular complexity index is 722. The van der Waals surface area contributed by atoms with Gasteiger partial charge in [-0.25, -0.2) is 13.4 Å². The van der Waals surface area contributed by atoms with E-state index < -0.39 is 9.84 Å². The summed E-state index contributed by atoms with van der Waals surface area (Å²) in [6.07, 6.45) is 4.16. The van der Waals surface area contributed by atoms with Crippen LogP contribution in [0.15, 0.2) is 29.7 Å². The molecule has 106 valence electrons. The zero-order chi connectivity index (χ0) is 14.8. The van der Waals surface area contributed by atoms with Crippen molar-refractivity contribution in [3.8, 4) is 5.75 Å². The molecule has 2 aromatic heterocycles. The fourth-order valence-electron chi connectivity index (χ4n) is 1.41. The van der Waals surface area contributed by atoms with Crippen molar-refractivity contribution in [2.45, 2.75) is 5.16 Å². The Morgan fingerprint density at radius 2 is 1.90 bits per heavy atom. The van der Waals surface area contributed by atoms with Crippen molar-refractivity contribution < 1.29 is 13.2 Å². The second-order valence-electron chi connectivity index (χ2n) is 3.81. The van der Waals surface area contributed by atoms with Crippen molar-refractivity contribution in [2.24, 2.45) is 0 Å². The van der Waals surface area contributed by atoms with E-state index in [1.807, 2.05) is 0 Å². The third-order valence-corrected chi connectivity index (χ3v) is 3.38. The van der Waals surface area contributed by atoms with E-state index in [1.165, 1.54) is 7.11 Å². The number of halogens is 1. The molecule has 0 amide bonds. The molecule has 0 radical (unpaired) electrons. The van der Waals surface area contributed by atoms with Gasteiger partial charge in [-0.3, -0.25) is 4.98 Å². The molecule has 2 rings (SSSR count). The third-order valence-electron chi connectivity index (χ3n) is 2.28. The molecule has 0 spiro atoms. The Balaban J connectivity index is 2.52. The predicted molar refractivity (Wildman–Crippen MR) is 74.2 cm³/mol. The molecule has 9 heteroatoms. The van der Waals surface area contributed by atoms with Crippen LogP contribution in [0.25, 0.3) is 0 Å². The summed E-state index contributed by atoms with van der Waals surface area (Å²) >= 11 is 5.91. The average molecular weight is 315 g/mol. The van der Waals surface area contributed by atoms with Crippen LogP contribution in [0.3, 0.4) is 0 Å². The van der Waals surface area contributed by atoms with Crippen LogP contribution in [-0.2, 0) is 9.84 Å². The zero-order valence-corrected chi connectivity index (χ0v) is 12.2. The molecule has 0 bridgehead atoms. The smallest absolute Gasteiger partial charge is 0.250 e. The Hall–Kier alpha value is -1.93. The molecule has 7 nitrogen and oxygen atoms in total. The summed E-state index contributed by atoms with van der Waals surface area (Å²) in [6, 6.07) is 3.38. The Kier molecular flexibility index (Phi) is 4.05. The maximum absolute atomic E-state index is 11.5. The molecule has 0 unspecified atom stereocenters. The van der Waals surface area contributed by atoms with Crippen molar-refractivity contribution in [2.75, 3.05) is 18.7 Å². The van der Waals surface area contributed by atoms with Crippen LogP contribution < -0.4 is 10.1 Å². The molecule has 0 aromatic carbocycles. The van der Waals surface area contributed by atoms with Gasteiger partial charge in [0.2, 0.25) is 15.0 Å². The highest BCUT2D eigenvalue weighted by molar-refractivity contribution is 7.90. The van der Waals surface area contributed by atoms with Crippen molar-refractivity contribution in [1.29, 1.82) is 0 Å². The molecular weight excluding hydrogens is 304 g/mol. The van der Waals surface area contributed by atoms with Gasteiger partial charge in [0, 0.05) is 24.3 Å². The van der Waals surface area contributed by atoms with Gasteiger partial charge in [-0.1, -0.05) is 11.6 Å². The Morgan fingerprint density at radius 3 is 2.45 bits per heavy atom. The summed E-state index contributed by atoms with van der Waals surface area (Å²) < 4.78 is 28.1. The third kappa shape index (κ3) is 3.14. The van der Waals surface area contributed by atoms with Crippen molar-refractivity contribution in [3.05, 3.63) is 29.7 Å². The van der Waals surface area contributed by atoms with E-state index in [0.29, 0.717) is 5.69 Å². The van der Waals surface area contributed by atoms with Crippen LogP contribution in [0.2, 0.25) is 5.15 Å². The molecule has 0 atom stereocenters. The van der Waals surface area contributed by atoms with Crippen LogP contribution >= 0.6 is 11.6 Å². The predicted octanol–water partition coefficient (Wildman–Crippen LogP) is 1.68. The van der Waals surface area contributed by atoms with Crippen molar-refractivity contribution in [3.63, 3.8) is 0 Å². The highest BCUT2D eigenvalue weighted by Crippen LogP contribution is 2.32. The molecule has 0 aliphatic rings. The SMILES string of the molecule is COc1c(Cl)nc(S(C)(=O)=O)nc1Nc1ccncc1. The minimum atomic E-state index is -3.58. The Labute approximate surface area is 120 Å². The largest absolute Gasteiger partial charge is 0.490 e. The van der Waals surface area contributed by atoms with Gasteiger partial charge in [-0.15, -0.1) is 0 Å². The second kappa shape index (κ2) is 5.59. The number of rotatable bonds is 4. The quantitative estimate of drug-likeness (QED) is 0.677. The zero-order valence-electron chi connectivity index (χ0n) is 10.7. The lowest BCUT2D eigenvalue weighted by Crippen LogP contribution is -2.08. The number of nitrogens with zero attached hydrogens (tertiary/aromatic N) is 3. The molecule has 1 N–H and O–H groups in total. The average Bonchev–Trinajstić information content (AvgIpc) is 2.38. The van der Waals surface area contributed by atoms with Gasteiger partial charge in [-0.05, 0) is 12.1 Å². The number of sulfone groups is 1. The number of pyridine rings is 1. The number of ether oxygens (including phenoxy) is 1. The summed E-state index contributed by atoms with van der Waals surface area (Å²) in [5, 5.41) is 2.45. The molecule has 0 saturated heterocycles. The second-order valence-corrected chi connectivity index (χ2v) is 6.08. The first-order valence-corrected chi connectivity index (χ1v) is 7.67. The molecule has 0 saturated carbocycles. The van der Waals surface area contributed by atoms with Crippen molar-refractivity contribution >= 4 is 32.9 Å². The van der Waals surface area contributed by atoms with Crippen molar-refractivity contribution in [1.82, 2.24) is 15.0 Å². The van der Waals surface area contributed by atoms with E-state index in [1.54, 1.807) is 24.5 Å². The van der Waals surface area contributed by atoms with E-state index in [4.69, 9.17) is 16.3 Å². The van der Waals surface area contributed by atoms with Crippen LogP contribution in [0.5, 0.6) is 5.75 Å². The molecule has 0 aliphatic carbocycles. The van der Waals surface area contributed by atoms with E-state index in [2.05, 4.69) is 20.3 Å². The molecule has 0 aliphatic heterocycles. The first-order valence-electron chi connectivity index (χ1n) is 5.40. The lowest BCUT2D eigenvalue weighted by atomic mass is 10.4. The first-order chi connectivity index (χ1) is 9.41. The normalized spacial score (nSPS) is 11.2. The van der Waals surface area contributed by atoms with E-state index in [-0.39, 0.29) is 21.9 Å². The number of nitrogens with one attached hydrogen (secondary N) is 1. The molecule has 2 heterocycles. The van der Waals surface area contributed by atoms with Gasteiger partial charge in [0.15, 0.2) is 16.7 Å². The summed E-state index contributed by atoms with van der Waals surface area (Å²) in [7, 11) is -2.19. The topological polar surface area (TPSA) is 94.1 Å². The van der Waals surface area contributed by atoms with E-state index in [9.17, 15) is 8.42 Å². The van der Waals surface area contributed by atoms with Gasteiger partial charge in [0.1, 0.15) is 0 Å². The van der Waals surface area contributed by atoms with Gasteiger partial charge < -0.3 is 10.1 Å². The van der Waals surface area contributed by atoms with Gasteiger partial charge in [-0.2, -0.15) is 4.98 Å². The fraction of sp³-hybridized carbons (Fsp3) is 0.182. The van der Waals surface area contributed by atoms with Gasteiger partial charge in [0.05, 0.1) is 7.11 Å². The van der Waals surface area contributed by atoms with E-state index >= 15 is 0 Å². The number of hydrogen-bond donors (Lipinski definition) is 1. The standard InChI is InChI=1S/C11H11ClN4O3S/c1-19-8-9(12)15-11(20(2,17)18)16-10(8)14-7-3-5-13-6-4-7/h3-6H,1-2H3,(H,13,14,15,16). The van der Waals surface area contributed by atoms with Crippen LogP contribution in [-0.4, -0.2) is 36.7 Å². The van der Waals surface area contributed by atoms with Gasteiger partial charge >= 0.3 is 0 Å². The number of aromatic nitrogens is 3. The Morgan fingerprint density at radius 1 is 1.25 bits per heavy atom. The van der Waals surface area contributed by atoms with E-state index in [0.717, 1.165) is 6.26 Å². The molecule has 2 aromatic rings. The fourth-order valence-corrected chi connectivity index (χ4v) is 2.22. The maximum atomic E-state index is 11.5. The summed E-state index contributed by atoms with van der Waals surface area (Å²) in [5.41, 5.74) is 0.660. The summed E-state index contributed by atoms with van der Waals surface area (Å²) in [5.74, 6) is 0.329. The number of methoxy groups -OCH3 is 1. The highest BCUT2D eigenvalue weighted by atomic mass is 35.5. The van der Waals surface area contributed by atoms with Gasteiger partial charge in [0.25, 0.3) is 0 Å². The monoisotopic (exact) mass is 314 g/mol. The van der Waals surface area contributed by atoms with Crippen LogP contribution in [0.1, 0.15) is 0 Å². The first kappa shape index (κ1) is 14.5. The number of anilines is 2. The number of hydrogen-bond acceptors (Lipinski definition) is 7. The molecule has 0 fully saturated rings. The minimum Gasteiger partial charge on any atom is -0.490 e. The summed E-state index contributed by atoms with van der Waals surface area (Å²) in [6.45, 7) is 0. The van der Waals surface area contributed by atoms with Crippen LogP contribution in [0, 0.1) is 0 Å². The highest BCUT2D eigenvalue weighted by Gasteiger charge is 2.19. The lowest BCUT2D eigenvalue weighted by molar-refractivity contribution is 0.411. The lowest BCUT2D eigenvalue weighted by Gasteiger charge is -2.12. The minimum absolute atomic E-state index is 0.0838. The molecule has 20 heavy (non-hydrogen) atoms. The van der Waals surface area contributed by atoms with Crippen LogP contribution in [0.4, 0.5) is 11.5 Å². The maximum Gasteiger partial charge on any atom is 0.250 e. The summed E-state index contributed by atoms with van der Waals surface area (Å²) in [4.78, 5) is 11.5. The molecular formula is C11H11ClN4O3S.